The average Bonchev–Trinajstić information content (AvgIpc) is 3.07. The molecule has 2 heterocycles. The molecular weight excluding hydrogens is 302 g/mol. The second-order valence-electron chi connectivity index (χ2n) is 6.10. The van der Waals surface area contributed by atoms with Crippen LogP contribution in [0.2, 0.25) is 0 Å². The molecule has 1 atom stereocenters. The summed E-state index contributed by atoms with van der Waals surface area (Å²) in [7, 11) is 0. The van der Waals surface area contributed by atoms with E-state index >= 15 is 0 Å². The maximum absolute atomic E-state index is 12.5. The number of fused-ring (bicyclic) bond motifs is 1. The van der Waals surface area contributed by atoms with Crippen LogP contribution in [0.25, 0.3) is 11.1 Å². The number of rotatable bonds is 2. The van der Waals surface area contributed by atoms with Gasteiger partial charge in [-0.05, 0) is 37.1 Å². The molecule has 0 radical (unpaired) electrons. The zero-order chi connectivity index (χ0) is 16.4. The van der Waals surface area contributed by atoms with Gasteiger partial charge in [0.25, 0.3) is 0 Å². The predicted octanol–water partition coefficient (Wildman–Crippen LogP) is 4.24. The van der Waals surface area contributed by atoms with Crippen LogP contribution in [0.5, 0.6) is 0 Å². The van der Waals surface area contributed by atoms with E-state index in [9.17, 15) is 4.79 Å². The number of nitrogens with zero attached hydrogens (tertiary/aromatic N) is 2. The van der Waals surface area contributed by atoms with Crippen molar-refractivity contribution >= 4 is 22.8 Å². The Kier molecular flexibility index (Phi) is 3.91. The van der Waals surface area contributed by atoms with Gasteiger partial charge in [-0.25, -0.2) is 9.78 Å². The van der Waals surface area contributed by atoms with Crippen molar-refractivity contribution in [2.24, 2.45) is 0 Å². The van der Waals surface area contributed by atoms with Gasteiger partial charge in [0.05, 0.1) is 5.92 Å². The molecule has 1 aliphatic rings. The number of aromatic nitrogens is 1. The van der Waals surface area contributed by atoms with Crippen LogP contribution in [0, 0.1) is 0 Å². The number of para-hydroxylation sites is 3. The quantitative estimate of drug-likeness (QED) is 0.768. The summed E-state index contributed by atoms with van der Waals surface area (Å²) in [6.45, 7) is 1.39. The summed E-state index contributed by atoms with van der Waals surface area (Å²) in [5.41, 5.74) is 2.49. The minimum Gasteiger partial charge on any atom is -0.440 e. The van der Waals surface area contributed by atoms with E-state index < -0.39 is 0 Å². The lowest BCUT2D eigenvalue weighted by Gasteiger charge is -2.31. The van der Waals surface area contributed by atoms with Gasteiger partial charge in [-0.2, -0.15) is 0 Å². The predicted molar refractivity (Wildman–Crippen MR) is 93.0 cm³/mol. The highest BCUT2D eigenvalue weighted by Gasteiger charge is 2.28. The molecule has 5 heteroatoms. The molecule has 0 spiro atoms. The molecule has 0 saturated carbocycles. The van der Waals surface area contributed by atoms with Gasteiger partial charge in [0.1, 0.15) is 5.52 Å². The Morgan fingerprint density at radius 3 is 2.75 bits per heavy atom. The number of urea groups is 1. The van der Waals surface area contributed by atoms with Crippen molar-refractivity contribution in [2.45, 2.75) is 18.8 Å². The van der Waals surface area contributed by atoms with E-state index in [-0.39, 0.29) is 11.9 Å². The van der Waals surface area contributed by atoms with Crippen molar-refractivity contribution in [2.75, 3.05) is 18.4 Å². The third-order valence-electron chi connectivity index (χ3n) is 4.39. The maximum Gasteiger partial charge on any atom is 0.321 e. The zero-order valence-electron chi connectivity index (χ0n) is 13.3. The van der Waals surface area contributed by atoms with E-state index in [0.29, 0.717) is 6.54 Å². The zero-order valence-corrected chi connectivity index (χ0v) is 13.3. The van der Waals surface area contributed by atoms with E-state index in [1.165, 1.54) is 0 Å². The van der Waals surface area contributed by atoms with Gasteiger partial charge in [0.2, 0.25) is 0 Å². The van der Waals surface area contributed by atoms with Crippen molar-refractivity contribution in [3.8, 4) is 0 Å². The lowest BCUT2D eigenvalue weighted by atomic mass is 9.98. The Balaban J connectivity index is 1.48. The first-order valence-electron chi connectivity index (χ1n) is 8.26. The minimum absolute atomic E-state index is 0.0676. The Morgan fingerprint density at radius 2 is 1.92 bits per heavy atom. The topological polar surface area (TPSA) is 58.4 Å². The lowest BCUT2D eigenvalue weighted by molar-refractivity contribution is 0.187. The fourth-order valence-electron chi connectivity index (χ4n) is 3.15. The van der Waals surface area contributed by atoms with E-state index in [0.717, 1.165) is 42.1 Å². The molecule has 4 rings (SSSR count). The maximum atomic E-state index is 12.5. The Morgan fingerprint density at radius 1 is 1.12 bits per heavy atom. The second-order valence-corrected chi connectivity index (χ2v) is 6.10. The summed E-state index contributed by atoms with van der Waals surface area (Å²) in [5, 5.41) is 2.95. The number of piperidine rings is 1. The number of hydrogen-bond donors (Lipinski definition) is 1. The number of benzene rings is 2. The average molecular weight is 321 g/mol. The van der Waals surface area contributed by atoms with Crippen molar-refractivity contribution in [1.82, 2.24) is 9.88 Å². The standard InChI is InChI=1S/C19H19N3O2/c23-19(20-15-8-2-1-3-9-15)22-12-6-7-14(13-22)18-21-16-10-4-5-11-17(16)24-18/h1-5,8-11,14H,6-7,12-13H2,(H,20,23)/t14-/m1/s1. The van der Waals surface area contributed by atoms with Crippen molar-refractivity contribution in [1.29, 1.82) is 0 Å². The molecule has 1 aromatic heterocycles. The molecule has 0 aliphatic carbocycles. The fraction of sp³-hybridized carbons (Fsp3) is 0.263. The molecule has 5 nitrogen and oxygen atoms in total. The van der Waals surface area contributed by atoms with Gasteiger partial charge in [0.15, 0.2) is 11.5 Å². The first-order valence-corrected chi connectivity index (χ1v) is 8.26. The van der Waals surface area contributed by atoms with Gasteiger partial charge in [-0.15, -0.1) is 0 Å². The molecule has 2 aromatic carbocycles. The molecular formula is C19H19N3O2. The molecule has 1 N–H and O–H groups in total. The van der Waals surface area contributed by atoms with Crippen LogP contribution >= 0.6 is 0 Å². The SMILES string of the molecule is O=C(Nc1ccccc1)N1CCC[C@@H](c2nc3ccccc3o2)C1. The van der Waals surface area contributed by atoms with E-state index in [2.05, 4.69) is 10.3 Å². The molecule has 122 valence electrons. The highest BCUT2D eigenvalue weighted by molar-refractivity contribution is 5.89. The summed E-state index contributed by atoms with van der Waals surface area (Å²) < 4.78 is 5.88. The molecule has 24 heavy (non-hydrogen) atoms. The smallest absolute Gasteiger partial charge is 0.321 e. The summed E-state index contributed by atoms with van der Waals surface area (Å²) in [5.74, 6) is 0.876. The van der Waals surface area contributed by atoms with Crippen LogP contribution in [0.4, 0.5) is 10.5 Å². The summed E-state index contributed by atoms with van der Waals surface area (Å²) in [6.07, 6.45) is 1.94. The lowest BCUT2D eigenvalue weighted by Crippen LogP contribution is -2.41. The molecule has 1 saturated heterocycles. The van der Waals surface area contributed by atoms with Crippen LogP contribution in [0.15, 0.2) is 59.0 Å². The molecule has 1 fully saturated rings. The van der Waals surface area contributed by atoms with E-state index in [4.69, 9.17) is 4.42 Å². The number of nitrogens with one attached hydrogen (secondary N) is 1. The third-order valence-corrected chi connectivity index (χ3v) is 4.39. The largest absolute Gasteiger partial charge is 0.440 e. The summed E-state index contributed by atoms with van der Waals surface area (Å²) >= 11 is 0. The fourth-order valence-corrected chi connectivity index (χ4v) is 3.15. The van der Waals surface area contributed by atoms with Gasteiger partial charge < -0.3 is 14.6 Å². The number of anilines is 1. The number of carbonyl (C=O) groups excluding carboxylic acids is 1. The minimum atomic E-state index is -0.0676. The Hall–Kier alpha value is -2.82. The molecule has 0 bridgehead atoms. The van der Waals surface area contributed by atoms with Crippen molar-refractivity contribution in [3.63, 3.8) is 0 Å². The highest BCUT2D eigenvalue weighted by atomic mass is 16.3. The number of carbonyl (C=O) groups is 1. The van der Waals surface area contributed by atoms with E-state index in [1.54, 1.807) is 0 Å². The van der Waals surface area contributed by atoms with E-state index in [1.807, 2.05) is 59.5 Å². The third kappa shape index (κ3) is 2.97. The van der Waals surface area contributed by atoms with Crippen LogP contribution in [0.3, 0.4) is 0 Å². The normalized spacial score (nSPS) is 17.8. The molecule has 3 aromatic rings. The van der Waals surface area contributed by atoms with Crippen molar-refractivity contribution < 1.29 is 9.21 Å². The highest BCUT2D eigenvalue weighted by Crippen LogP contribution is 2.29. The number of oxazole rings is 1. The summed E-state index contributed by atoms with van der Waals surface area (Å²) in [6, 6.07) is 17.2. The van der Waals surface area contributed by atoms with Crippen LogP contribution in [-0.2, 0) is 0 Å². The number of likely N-dealkylation sites (tertiary alicyclic amines) is 1. The Labute approximate surface area is 140 Å². The second kappa shape index (κ2) is 6.35. The molecule has 2 amide bonds. The van der Waals surface area contributed by atoms with Gasteiger partial charge in [-0.3, -0.25) is 0 Å². The summed E-state index contributed by atoms with van der Waals surface area (Å²) in [4.78, 5) is 18.9. The Bertz CT molecular complexity index is 811. The van der Waals surface area contributed by atoms with Gasteiger partial charge in [-0.1, -0.05) is 30.3 Å². The van der Waals surface area contributed by atoms with Crippen LogP contribution < -0.4 is 5.32 Å². The van der Waals surface area contributed by atoms with Gasteiger partial charge >= 0.3 is 6.03 Å². The molecule has 1 aliphatic heterocycles. The first-order chi connectivity index (χ1) is 11.8. The van der Waals surface area contributed by atoms with Gasteiger partial charge in [0, 0.05) is 18.8 Å². The molecule has 0 unspecified atom stereocenters. The number of hydrogen-bond acceptors (Lipinski definition) is 3. The number of amides is 2. The van der Waals surface area contributed by atoms with Crippen LogP contribution in [0.1, 0.15) is 24.7 Å². The first kappa shape index (κ1) is 14.8. The van der Waals surface area contributed by atoms with Crippen molar-refractivity contribution in [3.05, 3.63) is 60.5 Å². The monoisotopic (exact) mass is 321 g/mol. The van der Waals surface area contributed by atoms with Crippen LogP contribution in [-0.4, -0.2) is 29.0 Å².